The molecule has 3 rings (SSSR count). The zero-order valence-electron chi connectivity index (χ0n) is 14.9. The number of non-ortho nitro benzene ring substituents is 1. The lowest BCUT2D eigenvalue weighted by Crippen LogP contribution is -2.37. The third-order valence-electron chi connectivity index (χ3n) is 4.47. The number of halogens is 1. The maximum Gasteiger partial charge on any atom is 0.270 e. The summed E-state index contributed by atoms with van der Waals surface area (Å²) in [6.45, 7) is 2.19. The molecule has 0 N–H and O–H groups in total. The van der Waals surface area contributed by atoms with Crippen molar-refractivity contribution < 1.29 is 9.66 Å². The summed E-state index contributed by atoms with van der Waals surface area (Å²) in [7, 11) is 3.86. The van der Waals surface area contributed by atoms with Crippen LogP contribution in [0.15, 0.2) is 42.5 Å². The molecule has 1 saturated heterocycles. The van der Waals surface area contributed by atoms with E-state index in [4.69, 9.17) is 16.3 Å². The summed E-state index contributed by atoms with van der Waals surface area (Å²) in [5, 5.41) is 11.9. The van der Waals surface area contributed by atoms with E-state index in [1.807, 2.05) is 43.3 Å². The maximum atomic E-state index is 11.2. The van der Waals surface area contributed by atoms with E-state index in [0.29, 0.717) is 18.2 Å². The molecule has 7 heteroatoms. The van der Waals surface area contributed by atoms with Crippen molar-refractivity contribution >= 4 is 23.0 Å². The summed E-state index contributed by atoms with van der Waals surface area (Å²) in [5.41, 5.74) is 2.94. The summed E-state index contributed by atoms with van der Waals surface area (Å²) in [4.78, 5) is 15.0. The molecule has 26 heavy (non-hydrogen) atoms. The first kappa shape index (κ1) is 18.6. The first-order valence-corrected chi connectivity index (χ1v) is 8.89. The van der Waals surface area contributed by atoms with Crippen molar-refractivity contribution in [3.63, 3.8) is 0 Å². The topological polar surface area (TPSA) is 58.9 Å². The fraction of sp³-hybridized carbons (Fsp3) is 0.368. The van der Waals surface area contributed by atoms with E-state index >= 15 is 0 Å². The number of hydrogen-bond acceptors (Lipinski definition) is 5. The van der Waals surface area contributed by atoms with Gasteiger partial charge in [-0.2, -0.15) is 0 Å². The van der Waals surface area contributed by atoms with E-state index in [9.17, 15) is 10.1 Å². The second-order valence-electron chi connectivity index (χ2n) is 6.57. The molecule has 138 valence electrons. The molecule has 0 aliphatic carbocycles. The second kappa shape index (κ2) is 8.03. The van der Waals surface area contributed by atoms with Gasteiger partial charge in [-0.15, -0.1) is 0 Å². The minimum atomic E-state index is -0.366. The van der Waals surface area contributed by atoms with Crippen molar-refractivity contribution in [1.29, 1.82) is 0 Å². The number of hydrogen-bond donors (Lipinski definition) is 0. The van der Waals surface area contributed by atoms with Gasteiger partial charge in [0.1, 0.15) is 6.23 Å². The number of rotatable bonds is 5. The maximum absolute atomic E-state index is 11.2. The molecule has 0 unspecified atom stereocenters. The summed E-state index contributed by atoms with van der Waals surface area (Å²) >= 11 is 5.97. The van der Waals surface area contributed by atoms with Crippen molar-refractivity contribution in [2.75, 3.05) is 32.1 Å². The smallest absolute Gasteiger partial charge is 0.270 e. The van der Waals surface area contributed by atoms with Crippen LogP contribution >= 0.6 is 11.6 Å². The monoisotopic (exact) mass is 375 g/mol. The quantitative estimate of drug-likeness (QED) is 0.578. The molecule has 2 aromatic carbocycles. The van der Waals surface area contributed by atoms with E-state index in [0.717, 1.165) is 29.8 Å². The Kier molecular flexibility index (Phi) is 5.76. The van der Waals surface area contributed by atoms with Crippen molar-refractivity contribution in [2.45, 2.75) is 19.2 Å². The van der Waals surface area contributed by atoms with Gasteiger partial charge in [0.05, 0.1) is 11.5 Å². The van der Waals surface area contributed by atoms with E-state index < -0.39 is 0 Å². The SMILES string of the molecule is CN(C)c1ccc([N+](=O)[O-])cc1[C@H]1OCCCN1Cc1ccc(Cl)cc1. The van der Waals surface area contributed by atoms with E-state index in [1.54, 1.807) is 12.1 Å². The highest BCUT2D eigenvalue weighted by Gasteiger charge is 2.29. The molecule has 0 saturated carbocycles. The number of nitro benzene ring substituents is 1. The highest BCUT2D eigenvalue weighted by molar-refractivity contribution is 6.30. The average molecular weight is 376 g/mol. The average Bonchev–Trinajstić information content (AvgIpc) is 2.63. The van der Waals surface area contributed by atoms with Gasteiger partial charge >= 0.3 is 0 Å². The molecule has 1 aliphatic rings. The van der Waals surface area contributed by atoms with Crippen LogP contribution in [0, 0.1) is 10.1 Å². The molecule has 0 bridgehead atoms. The summed E-state index contributed by atoms with van der Waals surface area (Å²) in [6.07, 6.45) is 0.604. The Balaban J connectivity index is 1.94. The Morgan fingerprint density at radius 3 is 2.65 bits per heavy atom. The minimum Gasteiger partial charge on any atom is -0.377 e. The number of nitro groups is 1. The standard InChI is InChI=1S/C19H22ClN3O3/c1-21(2)18-9-8-16(23(24)25)12-17(18)19-22(10-3-11-26-19)13-14-4-6-15(20)7-5-14/h4-9,12,19H,3,10-11,13H2,1-2H3/t19-/m1/s1. The van der Waals surface area contributed by atoms with Gasteiger partial charge < -0.3 is 9.64 Å². The van der Waals surface area contributed by atoms with Crippen molar-refractivity contribution in [3.05, 3.63) is 68.7 Å². The summed E-state index contributed by atoms with van der Waals surface area (Å²) in [6, 6.07) is 12.7. The largest absolute Gasteiger partial charge is 0.377 e. The zero-order valence-corrected chi connectivity index (χ0v) is 15.6. The molecule has 1 atom stereocenters. The molecule has 6 nitrogen and oxygen atoms in total. The molecule has 2 aromatic rings. The van der Waals surface area contributed by atoms with Crippen LogP contribution in [0.1, 0.15) is 23.8 Å². The minimum absolute atomic E-state index is 0.0752. The number of nitrogens with zero attached hydrogens (tertiary/aromatic N) is 3. The molecule has 0 amide bonds. The number of benzene rings is 2. The molecular formula is C19H22ClN3O3. The normalized spacial score (nSPS) is 17.9. The van der Waals surface area contributed by atoms with Crippen molar-refractivity contribution in [1.82, 2.24) is 4.90 Å². The van der Waals surface area contributed by atoms with E-state index in [-0.39, 0.29) is 16.8 Å². The van der Waals surface area contributed by atoms with Gasteiger partial charge in [-0.1, -0.05) is 23.7 Å². The molecule has 0 radical (unpaired) electrons. The summed E-state index contributed by atoms with van der Waals surface area (Å²) < 4.78 is 6.05. The predicted molar refractivity (Wildman–Crippen MR) is 103 cm³/mol. The van der Waals surface area contributed by atoms with Gasteiger partial charge in [0.2, 0.25) is 0 Å². The highest BCUT2D eigenvalue weighted by Crippen LogP contribution is 2.36. The Hall–Kier alpha value is -2.15. The Bertz CT molecular complexity index is 780. The van der Waals surface area contributed by atoms with Crippen LogP contribution < -0.4 is 4.90 Å². The molecule has 0 spiro atoms. The van der Waals surface area contributed by atoms with E-state index in [2.05, 4.69) is 4.90 Å². The van der Waals surface area contributed by atoms with Crippen LogP contribution in [0.2, 0.25) is 5.02 Å². The first-order chi connectivity index (χ1) is 12.5. The third kappa shape index (κ3) is 4.15. The van der Waals surface area contributed by atoms with Gasteiger partial charge in [0, 0.05) is 55.6 Å². The Morgan fingerprint density at radius 1 is 1.27 bits per heavy atom. The Morgan fingerprint density at radius 2 is 2.00 bits per heavy atom. The lowest BCUT2D eigenvalue weighted by Gasteiger charge is -2.37. The van der Waals surface area contributed by atoms with Crippen LogP contribution in [0.25, 0.3) is 0 Å². The number of anilines is 1. The van der Waals surface area contributed by atoms with Gasteiger partial charge in [-0.3, -0.25) is 15.0 Å². The lowest BCUT2D eigenvalue weighted by molar-refractivity contribution is -0.385. The van der Waals surface area contributed by atoms with Crippen molar-refractivity contribution in [2.24, 2.45) is 0 Å². The van der Waals surface area contributed by atoms with Crippen molar-refractivity contribution in [3.8, 4) is 0 Å². The van der Waals surface area contributed by atoms with Gasteiger partial charge in [-0.05, 0) is 30.2 Å². The fourth-order valence-electron chi connectivity index (χ4n) is 3.22. The lowest BCUT2D eigenvalue weighted by atomic mass is 10.1. The predicted octanol–water partition coefficient (Wildman–Crippen LogP) is 4.24. The first-order valence-electron chi connectivity index (χ1n) is 8.51. The fourth-order valence-corrected chi connectivity index (χ4v) is 3.34. The van der Waals surface area contributed by atoms with Crippen LogP contribution in [0.4, 0.5) is 11.4 Å². The van der Waals surface area contributed by atoms with Gasteiger partial charge in [-0.25, -0.2) is 0 Å². The summed E-state index contributed by atoms with van der Waals surface area (Å²) in [5.74, 6) is 0. The Labute approximate surface area is 158 Å². The van der Waals surface area contributed by atoms with Crippen LogP contribution in [0.3, 0.4) is 0 Å². The highest BCUT2D eigenvalue weighted by atomic mass is 35.5. The second-order valence-corrected chi connectivity index (χ2v) is 7.00. The van der Waals surface area contributed by atoms with Crippen LogP contribution in [-0.4, -0.2) is 37.1 Å². The van der Waals surface area contributed by atoms with Gasteiger partial charge in [0.25, 0.3) is 5.69 Å². The zero-order chi connectivity index (χ0) is 18.7. The van der Waals surface area contributed by atoms with Gasteiger partial charge in [0.15, 0.2) is 0 Å². The third-order valence-corrected chi connectivity index (χ3v) is 4.72. The number of ether oxygens (including phenoxy) is 1. The van der Waals surface area contributed by atoms with Crippen LogP contribution in [0.5, 0.6) is 0 Å². The molecule has 0 aromatic heterocycles. The molecule has 1 fully saturated rings. The molecular weight excluding hydrogens is 354 g/mol. The molecule has 1 heterocycles. The van der Waals surface area contributed by atoms with Crippen LogP contribution in [-0.2, 0) is 11.3 Å². The van der Waals surface area contributed by atoms with E-state index in [1.165, 1.54) is 6.07 Å². The molecule has 1 aliphatic heterocycles.